The van der Waals surface area contributed by atoms with Gasteiger partial charge in [-0.25, -0.2) is 13.6 Å². The fraction of sp³-hybridized carbons (Fsp3) is 0.550. The van der Waals surface area contributed by atoms with Crippen LogP contribution in [0, 0.1) is 17.6 Å². The average Bonchev–Trinajstić information content (AvgIpc) is 2.67. The molecule has 0 aromatic heterocycles. The summed E-state index contributed by atoms with van der Waals surface area (Å²) in [6.07, 6.45) is -0.375. The third-order valence-corrected chi connectivity index (χ3v) is 4.33. The highest BCUT2D eigenvalue weighted by Gasteiger charge is 2.31. The molecule has 8 nitrogen and oxygen atoms in total. The van der Waals surface area contributed by atoms with Crippen LogP contribution < -0.4 is 15.6 Å². The van der Waals surface area contributed by atoms with E-state index < -0.39 is 47.2 Å². The Hall–Kier alpha value is -2.91. The number of hydrogen-bond donors (Lipinski definition) is 2. The second-order valence-corrected chi connectivity index (χ2v) is 8.08. The zero-order valence-corrected chi connectivity index (χ0v) is 17.5. The number of piperidine rings is 1. The van der Waals surface area contributed by atoms with Crippen LogP contribution in [0.4, 0.5) is 13.6 Å². The van der Waals surface area contributed by atoms with Gasteiger partial charge in [0, 0.05) is 19.2 Å². The molecule has 2 rings (SSSR count). The Morgan fingerprint density at radius 3 is 2.50 bits per heavy atom. The van der Waals surface area contributed by atoms with Crippen LogP contribution in [0.5, 0.6) is 5.75 Å². The molecule has 3 amide bonds. The Morgan fingerprint density at radius 2 is 1.87 bits per heavy atom. The molecule has 10 heteroatoms. The lowest BCUT2D eigenvalue weighted by Crippen LogP contribution is -2.52. The lowest BCUT2D eigenvalue weighted by molar-refractivity contribution is -0.135. The van der Waals surface area contributed by atoms with E-state index >= 15 is 0 Å². The first-order chi connectivity index (χ1) is 14.0. The predicted octanol–water partition coefficient (Wildman–Crippen LogP) is 2.53. The summed E-state index contributed by atoms with van der Waals surface area (Å²) < 4.78 is 36.7. The maximum Gasteiger partial charge on any atom is 0.410 e. The number of carbonyl (C=O) groups excluding carboxylic acids is 3. The molecule has 1 aromatic carbocycles. The minimum atomic E-state index is -1.10. The normalized spacial score (nSPS) is 17.7. The van der Waals surface area contributed by atoms with Gasteiger partial charge in [0.15, 0.2) is 17.7 Å². The van der Waals surface area contributed by atoms with E-state index in [0.29, 0.717) is 19.4 Å². The summed E-state index contributed by atoms with van der Waals surface area (Å²) in [6.45, 7) is 7.35. The van der Waals surface area contributed by atoms with Gasteiger partial charge in [-0.05, 0) is 52.7 Å². The van der Waals surface area contributed by atoms with Gasteiger partial charge in [-0.1, -0.05) is 0 Å². The number of halogens is 2. The van der Waals surface area contributed by atoms with Gasteiger partial charge in [0.1, 0.15) is 11.4 Å². The average molecular weight is 427 g/mol. The second-order valence-electron chi connectivity index (χ2n) is 8.08. The van der Waals surface area contributed by atoms with E-state index in [1.54, 1.807) is 20.8 Å². The maximum absolute atomic E-state index is 13.2. The van der Waals surface area contributed by atoms with E-state index in [-0.39, 0.29) is 12.3 Å². The van der Waals surface area contributed by atoms with Crippen molar-refractivity contribution in [1.29, 1.82) is 0 Å². The van der Waals surface area contributed by atoms with Crippen molar-refractivity contribution in [2.45, 2.75) is 52.2 Å². The lowest BCUT2D eigenvalue weighted by atomic mass is 9.98. The number of nitrogens with zero attached hydrogens (tertiary/aromatic N) is 1. The van der Waals surface area contributed by atoms with Crippen molar-refractivity contribution in [1.82, 2.24) is 15.8 Å². The summed E-state index contributed by atoms with van der Waals surface area (Å²) >= 11 is 0. The van der Waals surface area contributed by atoms with Gasteiger partial charge in [-0.15, -0.1) is 0 Å². The van der Waals surface area contributed by atoms with Gasteiger partial charge in [-0.2, -0.15) is 0 Å². The van der Waals surface area contributed by atoms with Crippen molar-refractivity contribution in [3.8, 4) is 5.75 Å². The Balaban J connectivity index is 1.82. The smallest absolute Gasteiger partial charge is 0.410 e. The summed E-state index contributed by atoms with van der Waals surface area (Å²) in [6, 6.07) is 2.90. The molecule has 0 radical (unpaired) electrons. The van der Waals surface area contributed by atoms with Gasteiger partial charge in [0.2, 0.25) is 5.91 Å². The van der Waals surface area contributed by atoms with Crippen molar-refractivity contribution in [2.75, 3.05) is 13.1 Å². The molecule has 2 N–H and O–H groups in total. The van der Waals surface area contributed by atoms with Crippen LogP contribution in [0.25, 0.3) is 0 Å². The molecule has 30 heavy (non-hydrogen) atoms. The number of ether oxygens (including phenoxy) is 2. The van der Waals surface area contributed by atoms with E-state index in [2.05, 4.69) is 10.9 Å². The zero-order chi connectivity index (χ0) is 22.5. The molecule has 2 atom stereocenters. The van der Waals surface area contributed by atoms with Crippen molar-refractivity contribution in [2.24, 2.45) is 5.92 Å². The molecule has 0 bridgehead atoms. The Morgan fingerprint density at radius 1 is 1.17 bits per heavy atom. The first-order valence-corrected chi connectivity index (χ1v) is 9.65. The SMILES string of the molecule is CC(Oc1ccc(F)c(F)c1)C(=O)NNC(=O)C1CCCN(C(=O)OC(C)(C)C)C1. The minimum Gasteiger partial charge on any atom is -0.481 e. The highest BCUT2D eigenvalue weighted by molar-refractivity contribution is 5.86. The summed E-state index contributed by atoms with van der Waals surface area (Å²) in [7, 11) is 0. The number of likely N-dealkylation sites (tertiary alicyclic amines) is 1. The van der Waals surface area contributed by atoms with Gasteiger partial charge >= 0.3 is 6.09 Å². The number of nitrogens with one attached hydrogen (secondary N) is 2. The highest BCUT2D eigenvalue weighted by atomic mass is 19.2. The molecule has 0 spiro atoms. The maximum atomic E-state index is 13.2. The fourth-order valence-electron chi connectivity index (χ4n) is 2.82. The Kier molecular flexibility index (Phi) is 7.58. The number of hydrogen-bond acceptors (Lipinski definition) is 5. The fourth-order valence-corrected chi connectivity index (χ4v) is 2.82. The van der Waals surface area contributed by atoms with E-state index in [0.717, 1.165) is 12.1 Å². The molecule has 1 aromatic rings. The number of rotatable bonds is 4. The summed E-state index contributed by atoms with van der Waals surface area (Å²) in [5.41, 5.74) is 3.92. The van der Waals surface area contributed by atoms with Crippen molar-refractivity contribution >= 4 is 17.9 Å². The lowest BCUT2D eigenvalue weighted by Gasteiger charge is -2.33. The van der Waals surface area contributed by atoms with Crippen LogP contribution in [-0.4, -0.2) is 47.6 Å². The molecule has 0 aliphatic carbocycles. The summed E-state index contributed by atoms with van der Waals surface area (Å²) in [5.74, 6) is -3.78. The van der Waals surface area contributed by atoms with Crippen LogP contribution in [-0.2, 0) is 14.3 Å². The first kappa shape index (κ1) is 23.4. The van der Waals surface area contributed by atoms with E-state index in [9.17, 15) is 23.2 Å². The van der Waals surface area contributed by atoms with Crippen molar-refractivity contribution in [3.05, 3.63) is 29.8 Å². The van der Waals surface area contributed by atoms with E-state index in [1.165, 1.54) is 17.9 Å². The van der Waals surface area contributed by atoms with Crippen LogP contribution in [0.15, 0.2) is 18.2 Å². The van der Waals surface area contributed by atoms with Crippen LogP contribution in [0.3, 0.4) is 0 Å². The van der Waals surface area contributed by atoms with Gasteiger partial charge in [0.05, 0.1) is 5.92 Å². The van der Waals surface area contributed by atoms with E-state index in [4.69, 9.17) is 9.47 Å². The molecule has 1 fully saturated rings. The van der Waals surface area contributed by atoms with Crippen LogP contribution in [0.1, 0.15) is 40.5 Å². The number of amides is 3. The Labute approximate surface area is 173 Å². The predicted molar refractivity (Wildman–Crippen MR) is 103 cm³/mol. The molecule has 166 valence electrons. The zero-order valence-electron chi connectivity index (χ0n) is 17.5. The standard InChI is InChI=1S/C20H27F2N3O5/c1-12(29-14-7-8-15(21)16(22)10-14)17(26)23-24-18(27)13-6-5-9-25(11-13)19(28)30-20(2,3)4/h7-8,10,12-13H,5-6,9,11H2,1-4H3,(H,23,26)(H,24,27). The van der Waals surface area contributed by atoms with Crippen molar-refractivity contribution < 1.29 is 32.6 Å². The minimum absolute atomic E-state index is 0.0249. The van der Waals surface area contributed by atoms with Crippen LogP contribution >= 0.6 is 0 Å². The number of hydrazine groups is 1. The molecule has 2 unspecified atom stereocenters. The second kappa shape index (κ2) is 9.73. The van der Waals surface area contributed by atoms with Gasteiger partial charge in [-0.3, -0.25) is 20.4 Å². The van der Waals surface area contributed by atoms with Crippen molar-refractivity contribution in [3.63, 3.8) is 0 Å². The topological polar surface area (TPSA) is 97.0 Å². The van der Waals surface area contributed by atoms with Crippen LogP contribution in [0.2, 0.25) is 0 Å². The molecule has 1 saturated heterocycles. The largest absolute Gasteiger partial charge is 0.481 e. The first-order valence-electron chi connectivity index (χ1n) is 9.65. The molecule has 1 heterocycles. The van der Waals surface area contributed by atoms with Gasteiger partial charge in [0.25, 0.3) is 5.91 Å². The van der Waals surface area contributed by atoms with E-state index in [1.807, 2.05) is 0 Å². The molecule has 1 aliphatic heterocycles. The summed E-state index contributed by atoms with van der Waals surface area (Å²) in [4.78, 5) is 38.2. The number of benzene rings is 1. The molecular formula is C20H27F2N3O5. The van der Waals surface area contributed by atoms with Gasteiger partial charge < -0.3 is 14.4 Å². The Bertz CT molecular complexity index is 797. The molecular weight excluding hydrogens is 400 g/mol. The summed E-state index contributed by atoms with van der Waals surface area (Å²) in [5, 5.41) is 0. The quantitative estimate of drug-likeness (QED) is 0.720. The number of carbonyl (C=O) groups is 3. The highest BCUT2D eigenvalue weighted by Crippen LogP contribution is 2.20. The monoisotopic (exact) mass is 427 g/mol. The third-order valence-electron chi connectivity index (χ3n) is 4.33. The molecule has 0 saturated carbocycles. The molecule has 1 aliphatic rings. The third kappa shape index (κ3) is 6.85.